The molecule has 6 heteroatoms. The summed E-state index contributed by atoms with van der Waals surface area (Å²) in [5, 5.41) is 3.32. The molecule has 1 aliphatic rings. The Kier molecular flexibility index (Phi) is 5.42. The van der Waals surface area contributed by atoms with Crippen molar-refractivity contribution in [2.24, 2.45) is 0 Å². The molecule has 0 radical (unpaired) electrons. The fourth-order valence-corrected chi connectivity index (χ4v) is 3.01. The van der Waals surface area contributed by atoms with E-state index in [9.17, 15) is 4.79 Å². The standard InChI is InChI=1S/C16H22N4O.ClH/c1-3-15-18-13-6-4-5-7-14(13)20(15)11-16(21)19-9-8-17-10-12(19)2;/h4-7,12,17H,3,8-11H2,1-2H3;1H/t12-;/m1./s1. The molecule has 1 fully saturated rings. The molecule has 2 heterocycles. The third-order valence-electron chi connectivity index (χ3n) is 4.16. The number of aromatic nitrogens is 2. The Morgan fingerprint density at radius 1 is 1.41 bits per heavy atom. The predicted octanol–water partition coefficient (Wildman–Crippen LogP) is 1.84. The van der Waals surface area contributed by atoms with Crippen molar-refractivity contribution in [1.29, 1.82) is 0 Å². The lowest BCUT2D eigenvalue weighted by Gasteiger charge is -2.34. The summed E-state index contributed by atoms with van der Waals surface area (Å²) in [4.78, 5) is 19.2. The van der Waals surface area contributed by atoms with Crippen molar-refractivity contribution in [1.82, 2.24) is 19.8 Å². The number of halogens is 1. The maximum absolute atomic E-state index is 12.6. The molecule has 1 aromatic heterocycles. The van der Waals surface area contributed by atoms with Crippen LogP contribution in [0.3, 0.4) is 0 Å². The number of amides is 1. The molecule has 2 aromatic rings. The van der Waals surface area contributed by atoms with Crippen molar-refractivity contribution in [3.63, 3.8) is 0 Å². The first-order valence-corrected chi connectivity index (χ1v) is 7.65. The van der Waals surface area contributed by atoms with Gasteiger partial charge in [-0.2, -0.15) is 0 Å². The second kappa shape index (κ2) is 7.11. The number of nitrogens with zero attached hydrogens (tertiary/aromatic N) is 3. The van der Waals surface area contributed by atoms with E-state index in [1.54, 1.807) is 0 Å². The van der Waals surface area contributed by atoms with E-state index in [0.29, 0.717) is 6.54 Å². The maximum Gasteiger partial charge on any atom is 0.242 e. The van der Waals surface area contributed by atoms with Crippen molar-refractivity contribution in [2.45, 2.75) is 32.9 Å². The zero-order valence-corrected chi connectivity index (χ0v) is 13.9. The highest BCUT2D eigenvalue weighted by Gasteiger charge is 2.24. The minimum Gasteiger partial charge on any atom is -0.336 e. The summed E-state index contributed by atoms with van der Waals surface area (Å²) in [6.07, 6.45) is 0.832. The number of benzene rings is 1. The number of fused-ring (bicyclic) bond motifs is 1. The van der Waals surface area contributed by atoms with Crippen LogP contribution >= 0.6 is 12.4 Å². The first-order chi connectivity index (χ1) is 10.2. The van der Waals surface area contributed by atoms with E-state index in [1.165, 1.54) is 0 Å². The summed E-state index contributed by atoms with van der Waals surface area (Å²) >= 11 is 0. The highest BCUT2D eigenvalue weighted by Crippen LogP contribution is 2.17. The summed E-state index contributed by atoms with van der Waals surface area (Å²) in [5.41, 5.74) is 2.01. The fourth-order valence-electron chi connectivity index (χ4n) is 3.01. The average Bonchev–Trinajstić information content (AvgIpc) is 2.86. The van der Waals surface area contributed by atoms with Crippen molar-refractivity contribution in [3.05, 3.63) is 30.1 Å². The monoisotopic (exact) mass is 322 g/mol. The molecule has 0 unspecified atom stereocenters. The van der Waals surface area contributed by atoms with Crippen molar-refractivity contribution in [3.8, 4) is 0 Å². The molecule has 120 valence electrons. The van der Waals surface area contributed by atoms with Gasteiger partial charge in [0.15, 0.2) is 0 Å². The van der Waals surface area contributed by atoms with Crippen molar-refractivity contribution >= 4 is 29.3 Å². The molecule has 1 saturated heterocycles. The zero-order valence-electron chi connectivity index (χ0n) is 13.1. The summed E-state index contributed by atoms with van der Waals surface area (Å²) in [5.74, 6) is 1.16. The number of carbonyl (C=O) groups excluding carboxylic acids is 1. The van der Waals surface area contributed by atoms with Crippen LogP contribution in [-0.4, -0.2) is 46.0 Å². The Labute approximate surface area is 137 Å². The third-order valence-corrected chi connectivity index (χ3v) is 4.16. The van der Waals surface area contributed by atoms with Gasteiger partial charge in [0.1, 0.15) is 12.4 Å². The third kappa shape index (κ3) is 3.10. The van der Waals surface area contributed by atoms with Crippen molar-refractivity contribution in [2.75, 3.05) is 19.6 Å². The smallest absolute Gasteiger partial charge is 0.242 e. The van der Waals surface area contributed by atoms with E-state index in [0.717, 1.165) is 42.9 Å². The lowest BCUT2D eigenvalue weighted by molar-refractivity contribution is -0.134. The molecule has 1 aromatic carbocycles. The van der Waals surface area contributed by atoms with Gasteiger partial charge >= 0.3 is 0 Å². The van der Waals surface area contributed by atoms with Crippen molar-refractivity contribution < 1.29 is 4.79 Å². The highest BCUT2D eigenvalue weighted by molar-refractivity contribution is 5.85. The molecular formula is C16H23ClN4O. The molecule has 0 aliphatic carbocycles. The lowest BCUT2D eigenvalue weighted by atomic mass is 10.2. The Hall–Kier alpha value is -1.59. The first-order valence-electron chi connectivity index (χ1n) is 7.65. The van der Waals surface area contributed by atoms with Crippen LogP contribution in [0.2, 0.25) is 0 Å². The number of nitrogens with one attached hydrogen (secondary N) is 1. The van der Waals surface area contributed by atoms with E-state index in [1.807, 2.05) is 29.2 Å². The highest BCUT2D eigenvalue weighted by atomic mass is 35.5. The Bertz CT molecular complexity index is 655. The molecule has 5 nitrogen and oxygen atoms in total. The largest absolute Gasteiger partial charge is 0.336 e. The Morgan fingerprint density at radius 3 is 2.91 bits per heavy atom. The van der Waals surface area contributed by atoms with Gasteiger partial charge in [-0.25, -0.2) is 4.98 Å². The number of hydrogen-bond donors (Lipinski definition) is 1. The number of para-hydroxylation sites is 2. The maximum atomic E-state index is 12.6. The van der Waals surface area contributed by atoms with Gasteiger partial charge in [0.05, 0.1) is 11.0 Å². The molecule has 1 N–H and O–H groups in total. The van der Waals surface area contributed by atoms with Crippen LogP contribution in [0.4, 0.5) is 0 Å². The van der Waals surface area contributed by atoms with Gasteiger partial charge in [0.25, 0.3) is 0 Å². The second-order valence-electron chi connectivity index (χ2n) is 5.60. The molecule has 0 saturated carbocycles. The minimum atomic E-state index is 0. The van der Waals surface area contributed by atoms with Gasteiger partial charge in [0.2, 0.25) is 5.91 Å². The van der Waals surface area contributed by atoms with E-state index >= 15 is 0 Å². The summed E-state index contributed by atoms with van der Waals surface area (Å²) < 4.78 is 2.06. The van der Waals surface area contributed by atoms with E-state index in [2.05, 4.69) is 28.7 Å². The van der Waals surface area contributed by atoms with Crippen LogP contribution in [0, 0.1) is 0 Å². The van der Waals surface area contributed by atoms with Gasteiger partial charge in [-0.3, -0.25) is 4.79 Å². The van der Waals surface area contributed by atoms with Crippen LogP contribution < -0.4 is 5.32 Å². The SMILES string of the molecule is CCc1nc2ccccc2n1CC(=O)N1CCNC[C@H]1C.Cl. The van der Waals surface area contributed by atoms with E-state index < -0.39 is 0 Å². The summed E-state index contributed by atoms with van der Waals surface area (Å²) in [6, 6.07) is 8.28. The van der Waals surface area contributed by atoms with Gasteiger partial charge in [-0.1, -0.05) is 19.1 Å². The molecule has 1 amide bonds. The minimum absolute atomic E-state index is 0. The number of aryl methyl sites for hydroxylation is 1. The molecule has 0 spiro atoms. The van der Waals surface area contributed by atoms with Gasteiger partial charge in [0, 0.05) is 32.1 Å². The van der Waals surface area contributed by atoms with E-state index in [4.69, 9.17) is 0 Å². The summed E-state index contributed by atoms with van der Waals surface area (Å²) in [7, 11) is 0. The Balaban J connectivity index is 0.00000176. The normalized spacial score (nSPS) is 18.3. The lowest BCUT2D eigenvalue weighted by Crippen LogP contribution is -2.53. The van der Waals surface area contributed by atoms with Crippen LogP contribution in [0.1, 0.15) is 19.7 Å². The quantitative estimate of drug-likeness (QED) is 0.938. The fraction of sp³-hybridized carbons (Fsp3) is 0.500. The number of imidazole rings is 1. The second-order valence-corrected chi connectivity index (χ2v) is 5.60. The van der Waals surface area contributed by atoms with Gasteiger partial charge in [-0.15, -0.1) is 12.4 Å². The molecule has 0 bridgehead atoms. The number of rotatable bonds is 3. The number of hydrogen-bond acceptors (Lipinski definition) is 3. The van der Waals surface area contributed by atoms with Crippen LogP contribution in [0.15, 0.2) is 24.3 Å². The van der Waals surface area contributed by atoms with Crippen LogP contribution in [0.5, 0.6) is 0 Å². The zero-order chi connectivity index (χ0) is 14.8. The molecule has 1 atom stereocenters. The predicted molar refractivity (Wildman–Crippen MR) is 90.4 cm³/mol. The van der Waals surface area contributed by atoms with Gasteiger partial charge < -0.3 is 14.8 Å². The molecule has 1 aliphatic heterocycles. The number of carbonyl (C=O) groups is 1. The average molecular weight is 323 g/mol. The number of piperazine rings is 1. The summed E-state index contributed by atoms with van der Waals surface area (Å²) in [6.45, 7) is 7.09. The van der Waals surface area contributed by atoms with Crippen LogP contribution in [-0.2, 0) is 17.8 Å². The first kappa shape index (κ1) is 16.8. The topological polar surface area (TPSA) is 50.2 Å². The van der Waals surface area contributed by atoms with Crippen LogP contribution in [0.25, 0.3) is 11.0 Å². The molecular weight excluding hydrogens is 300 g/mol. The van der Waals surface area contributed by atoms with E-state index in [-0.39, 0.29) is 24.4 Å². The Morgan fingerprint density at radius 2 is 2.18 bits per heavy atom. The molecule has 3 rings (SSSR count). The molecule has 22 heavy (non-hydrogen) atoms. The van der Waals surface area contributed by atoms with Gasteiger partial charge in [-0.05, 0) is 19.1 Å².